The van der Waals surface area contributed by atoms with Crippen molar-refractivity contribution in [2.45, 2.75) is 56.4 Å². The van der Waals surface area contributed by atoms with Crippen molar-refractivity contribution < 1.29 is 19.1 Å². The van der Waals surface area contributed by atoms with E-state index in [1.165, 1.54) is 6.07 Å². The Morgan fingerprint density at radius 1 is 1.24 bits per heavy atom. The van der Waals surface area contributed by atoms with Gasteiger partial charge in [-0.2, -0.15) is 12.6 Å². The highest BCUT2D eigenvalue weighted by Crippen LogP contribution is 2.39. The molecule has 0 bridgehead atoms. The van der Waals surface area contributed by atoms with E-state index < -0.39 is 12.0 Å². The third-order valence-electron chi connectivity index (χ3n) is 6.31. The van der Waals surface area contributed by atoms with Crippen LogP contribution in [0.3, 0.4) is 0 Å². The lowest BCUT2D eigenvalue weighted by atomic mass is 9.93. The van der Waals surface area contributed by atoms with Crippen LogP contribution in [0.1, 0.15) is 55.8 Å². The first-order chi connectivity index (χ1) is 15.9. The van der Waals surface area contributed by atoms with Crippen LogP contribution in [0.5, 0.6) is 0 Å². The molecule has 4 rings (SSSR count). The molecule has 10 heteroatoms. The first kappa shape index (κ1) is 26.4. The Morgan fingerprint density at radius 2 is 2.00 bits per heavy atom. The SMILES string of the molecule is Cl.O=C(O)CCCCn1nncc1/C=C1\CN(C(C(=O)C2CC2)c2ccccc2F)CCC1S. The van der Waals surface area contributed by atoms with Gasteiger partial charge in [0.2, 0.25) is 0 Å². The Balaban J connectivity index is 0.00000324. The number of nitrogens with zero attached hydrogens (tertiary/aromatic N) is 4. The lowest BCUT2D eigenvalue weighted by molar-refractivity contribution is -0.137. The predicted molar refractivity (Wildman–Crippen MR) is 133 cm³/mol. The van der Waals surface area contributed by atoms with Gasteiger partial charge in [0.15, 0.2) is 5.78 Å². The average molecular weight is 509 g/mol. The van der Waals surface area contributed by atoms with E-state index in [2.05, 4.69) is 15.2 Å². The topological polar surface area (TPSA) is 88.3 Å². The molecule has 1 N–H and O–H groups in total. The number of ketones is 1. The third kappa shape index (κ3) is 6.46. The number of carbonyl (C=O) groups is 2. The summed E-state index contributed by atoms with van der Waals surface area (Å²) in [5, 5.41) is 17.0. The van der Waals surface area contributed by atoms with Gasteiger partial charge in [-0.1, -0.05) is 23.4 Å². The number of Topliss-reactive ketones (excluding diaryl/α,β-unsaturated/α-hetero) is 1. The fourth-order valence-electron chi connectivity index (χ4n) is 4.35. The van der Waals surface area contributed by atoms with E-state index in [-0.39, 0.29) is 41.6 Å². The summed E-state index contributed by atoms with van der Waals surface area (Å²) in [6.45, 7) is 1.75. The molecule has 2 fully saturated rings. The summed E-state index contributed by atoms with van der Waals surface area (Å²) < 4.78 is 16.5. The van der Waals surface area contributed by atoms with Gasteiger partial charge >= 0.3 is 5.97 Å². The Hall–Kier alpha value is -2.23. The zero-order valence-electron chi connectivity index (χ0n) is 18.8. The number of hydrogen-bond donors (Lipinski definition) is 2. The number of carboxylic acid groups (broad SMARTS) is 1. The first-order valence-corrected chi connectivity index (χ1v) is 12.0. The van der Waals surface area contributed by atoms with Crippen molar-refractivity contribution in [3.8, 4) is 0 Å². The maximum absolute atomic E-state index is 14.7. The van der Waals surface area contributed by atoms with Crippen LogP contribution in [0.4, 0.5) is 4.39 Å². The van der Waals surface area contributed by atoms with Crippen molar-refractivity contribution in [1.82, 2.24) is 19.9 Å². The van der Waals surface area contributed by atoms with Crippen LogP contribution in [-0.4, -0.2) is 55.1 Å². The van der Waals surface area contributed by atoms with E-state index in [9.17, 15) is 14.0 Å². The van der Waals surface area contributed by atoms with Crippen molar-refractivity contribution >= 4 is 42.9 Å². The molecule has 184 valence electrons. The standard InChI is InChI=1S/C24H29FN4O3S.ClH/c25-20-6-2-1-5-19(20)23(24(32)16-8-9-16)28-12-10-21(33)17(15-28)13-18-14-26-27-29(18)11-4-3-7-22(30)31;/h1-2,5-6,13-14,16,21,23,33H,3-4,7-12,15H2,(H,30,31);1H/b17-13+;. The molecule has 1 aromatic carbocycles. The molecule has 7 nitrogen and oxygen atoms in total. The number of benzene rings is 1. The van der Waals surface area contributed by atoms with Crippen LogP contribution in [0.25, 0.3) is 6.08 Å². The number of carboxylic acids is 1. The predicted octanol–water partition coefficient (Wildman–Crippen LogP) is 4.20. The third-order valence-corrected chi connectivity index (χ3v) is 6.90. The summed E-state index contributed by atoms with van der Waals surface area (Å²) in [5.41, 5.74) is 2.29. The van der Waals surface area contributed by atoms with Crippen LogP contribution in [0.2, 0.25) is 0 Å². The number of carbonyl (C=O) groups excluding carboxylic acids is 1. The number of hydrogen-bond acceptors (Lipinski definition) is 6. The summed E-state index contributed by atoms with van der Waals surface area (Å²) in [5.74, 6) is -1.03. The van der Waals surface area contributed by atoms with Crippen LogP contribution in [-0.2, 0) is 16.1 Å². The number of rotatable bonds is 10. The minimum atomic E-state index is -0.804. The zero-order chi connectivity index (χ0) is 23.4. The van der Waals surface area contributed by atoms with Gasteiger partial charge in [-0.15, -0.1) is 17.5 Å². The molecule has 2 heterocycles. The summed E-state index contributed by atoms with van der Waals surface area (Å²) in [7, 11) is 0. The van der Waals surface area contributed by atoms with Gasteiger partial charge in [-0.05, 0) is 49.8 Å². The molecule has 1 aliphatic carbocycles. The van der Waals surface area contributed by atoms with Crippen molar-refractivity contribution in [3.05, 3.63) is 53.1 Å². The number of piperidine rings is 1. The largest absolute Gasteiger partial charge is 0.481 e. The minimum absolute atomic E-state index is 0. The van der Waals surface area contributed by atoms with Gasteiger partial charge in [0.05, 0.1) is 17.9 Å². The van der Waals surface area contributed by atoms with Crippen LogP contribution in [0, 0.1) is 11.7 Å². The van der Waals surface area contributed by atoms with Gasteiger partial charge < -0.3 is 5.11 Å². The molecular weight excluding hydrogens is 479 g/mol. The number of aromatic nitrogens is 3. The van der Waals surface area contributed by atoms with Gasteiger partial charge in [-0.3, -0.25) is 14.5 Å². The summed E-state index contributed by atoms with van der Waals surface area (Å²) in [4.78, 5) is 26.0. The normalized spacial score (nSPS) is 20.6. The summed E-state index contributed by atoms with van der Waals surface area (Å²) in [6.07, 6.45) is 7.57. The lowest BCUT2D eigenvalue weighted by Crippen LogP contribution is -2.42. The highest BCUT2D eigenvalue weighted by Gasteiger charge is 2.40. The van der Waals surface area contributed by atoms with Gasteiger partial charge in [-0.25, -0.2) is 9.07 Å². The average Bonchev–Trinajstić information content (AvgIpc) is 3.55. The maximum Gasteiger partial charge on any atom is 0.303 e. The highest BCUT2D eigenvalue weighted by atomic mass is 35.5. The second kappa shape index (κ2) is 12.0. The molecule has 0 amide bonds. The molecule has 2 atom stereocenters. The van der Waals surface area contributed by atoms with E-state index in [1.807, 2.05) is 6.08 Å². The van der Waals surface area contributed by atoms with E-state index >= 15 is 0 Å². The number of halogens is 2. The number of likely N-dealkylation sites (tertiary alicyclic amines) is 1. The van der Waals surface area contributed by atoms with Crippen molar-refractivity contribution in [2.24, 2.45) is 5.92 Å². The van der Waals surface area contributed by atoms with Crippen molar-refractivity contribution in [2.75, 3.05) is 13.1 Å². The molecule has 0 spiro atoms. The van der Waals surface area contributed by atoms with Gasteiger partial charge in [0.1, 0.15) is 5.82 Å². The first-order valence-electron chi connectivity index (χ1n) is 11.4. The van der Waals surface area contributed by atoms with Crippen molar-refractivity contribution in [3.63, 3.8) is 0 Å². The van der Waals surface area contributed by atoms with E-state index in [0.717, 1.165) is 30.5 Å². The fraction of sp³-hybridized carbons (Fsp3) is 0.500. The number of thiol groups is 1. The molecule has 1 aromatic heterocycles. The van der Waals surface area contributed by atoms with E-state index in [0.29, 0.717) is 38.0 Å². The molecule has 34 heavy (non-hydrogen) atoms. The van der Waals surface area contributed by atoms with E-state index in [4.69, 9.17) is 17.7 Å². The molecular formula is C24H30ClFN4O3S. The lowest BCUT2D eigenvalue weighted by Gasteiger charge is -2.37. The molecule has 1 aliphatic heterocycles. The minimum Gasteiger partial charge on any atom is -0.481 e. The quantitative estimate of drug-likeness (QED) is 0.369. The Kier molecular flexibility index (Phi) is 9.27. The van der Waals surface area contributed by atoms with Gasteiger partial charge in [0, 0.05) is 42.8 Å². The number of aryl methyl sites for hydroxylation is 1. The maximum atomic E-state index is 14.7. The second-order valence-corrected chi connectivity index (χ2v) is 9.45. The molecule has 1 saturated carbocycles. The van der Waals surface area contributed by atoms with Crippen LogP contribution >= 0.6 is 25.0 Å². The Bertz CT molecular complexity index is 1040. The number of unbranched alkanes of at least 4 members (excludes halogenated alkanes) is 1. The molecule has 2 aliphatic rings. The molecule has 2 unspecified atom stereocenters. The summed E-state index contributed by atoms with van der Waals surface area (Å²) >= 11 is 4.76. The fourth-order valence-corrected chi connectivity index (χ4v) is 4.62. The number of aliphatic carboxylic acids is 1. The summed E-state index contributed by atoms with van der Waals surface area (Å²) in [6, 6.07) is 5.96. The van der Waals surface area contributed by atoms with Crippen LogP contribution < -0.4 is 0 Å². The van der Waals surface area contributed by atoms with Crippen molar-refractivity contribution in [1.29, 1.82) is 0 Å². The monoisotopic (exact) mass is 508 g/mol. The zero-order valence-corrected chi connectivity index (χ0v) is 20.6. The second-order valence-electron chi connectivity index (χ2n) is 8.83. The Morgan fingerprint density at radius 3 is 2.71 bits per heavy atom. The molecule has 0 radical (unpaired) electrons. The molecule has 2 aromatic rings. The highest BCUT2D eigenvalue weighted by molar-refractivity contribution is 7.81. The Labute approximate surface area is 210 Å². The smallest absolute Gasteiger partial charge is 0.303 e. The van der Waals surface area contributed by atoms with Crippen LogP contribution in [0.15, 0.2) is 36.0 Å². The molecule has 1 saturated heterocycles. The van der Waals surface area contributed by atoms with Gasteiger partial charge in [0.25, 0.3) is 0 Å². The van der Waals surface area contributed by atoms with E-state index in [1.54, 1.807) is 29.1 Å².